The Balaban J connectivity index is 0.941. The predicted molar refractivity (Wildman–Crippen MR) is 277 cm³/mol. The van der Waals surface area contributed by atoms with E-state index in [1.807, 2.05) is 18.2 Å². The van der Waals surface area contributed by atoms with Crippen LogP contribution in [-0.4, -0.2) is 90.8 Å². The second-order valence-electron chi connectivity index (χ2n) is 26.9. The van der Waals surface area contributed by atoms with Gasteiger partial charge < -0.3 is 40.2 Å². The molecule has 1 aliphatic heterocycles. The molecule has 2 aromatic carbocycles. The zero-order chi connectivity index (χ0) is 50.6. The SMILES string of the molecule is O=CC12CC3(CCC4CC(c5ccccc5)CCC43)C(O)C3CC4C=CCC(C5CCCC5)C4CC(C(O)C4(O)C1CCC15CCC#Cc6ccccc6CC(NCO)C6CC(CC14O)C5C1=CC(=O)OC16)C32O. The lowest BCUT2D eigenvalue weighted by atomic mass is 9.32. The Morgan fingerprint density at radius 2 is 1.57 bits per heavy atom. The lowest BCUT2D eigenvalue weighted by Gasteiger charge is -2.75. The van der Waals surface area contributed by atoms with Crippen LogP contribution < -0.4 is 5.32 Å². The lowest BCUT2D eigenvalue weighted by molar-refractivity contribution is -0.385. The van der Waals surface area contributed by atoms with Crippen LogP contribution in [0.5, 0.6) is 0 Å². The number of carbonyl (C=O) groups is 2. The maximum Gasteiger partial charge on any atom is 0.331 e. The van der Waals surface area contributed by atoms with Crippen molar-refractivity contribution in [1.82, 2.24) is 5.32 Å². The Kier molecular flexibility index (Phi) is 11.5. The van der Waals surface area contributed by atoms with Gasteiger partial charge in [0, 0.05) is 58.6 Å². The van der Waals surface area contributed by atoms with Gasteiger partial charge in [0.05, 0.1) is 30.0 Å². The van der Waals surface area contributed by atoms with E-state index >= 15 is 4.79 Å². The molecule has 11 aliphatic carbocycles. The summed E-state index contributed by atoms with van der Waals surface area (Å²) in [6.45, 7) is -0.284. The lowest BCUT2D eigenvalue weighted by Crippen LogP contribution is -2.86. The Labute approximate surface area is 437 Å². The highest BCUT2D eigenvalue weighted by atomic mass is 16.5. The molecule has 2 spiro atoms. The van der Waals surface area contributed by atoms with Crippen molar-refractivity contribution in [2.24, 2.45) is 87.3 Å². The van der Waals surface area contributed by atoms with E-state index in [0.29, 0.717) is 68.6 Å². The van der Waals surface area contributed by atoms with Gasteiger partial charge in [0.15, 0.2) is 0 Å². The highest BCUT2D eigenvalue weighted by molar-refractivity contribution is 5.86. The maximum atomic E-state index is 15.4. The largest absolute Gasteiger partial charge is 0.454 e. The number of rotatable bonds is 5. The monoisotopic (exact) mass is 1010 g/mol. The van der Waals surface area contributed by atoms with E-state index in [0.717, 1.165) is 74.4 Å². The summed E-state index contributed by atoms with van der Waals surface area (Å²) in [5, 5.41) is 85.9. The molecule has 10 heteroatoms. The number of allylic oxidation sites excluding steroid dienone is 2. The number of fused-ring (bicyclic) bond motifs is 10. The highest BCUT2D eigenvalue weighted by Gasteiger charge is 2.87. The minimum atomic E-state index is -2.25. The first-order valence-electron chi connectivity index (χ1n) is 29.4. The molecule has 0 radical (unpaired) electrons. The summed E-state index contributed by atoms with van der Waals surface area (Å²) in [7, 11) is 0. The molecule has 22 atom stereocenters. The van der Waals surface area contributed by atoms with Crippen molar-refractivity contribution >= 4 is 12.3 Å². The van der Waals surface area contributed by atoms with E-state index in [1.165, 1.54) is 18.4 Å². The van der Waals surface area contributed by atoms with E-state index in [-0.39, 0.29) is 67.5 Å². The summed E-state index contributed by atoms with van der Waals surface area (Å²) in [6.07, 6.45) is 18.1. The second kappa shape index (κ2) is 17.4. The first kappa shape index (κ1) is 48.7. The van der Waals surface area contributed by atoms with Gasteiger partial charge in [0.2, 0.25) is 0 Å². The molecule has 7 N–H and O–H groups in total. The summed E-state index contributed by atoms with van der Waals surface area (Å²) in [5.41, 5.74) is -5.37. The first-order valence-corrected chi connectivity index (χ1v) is 29.4. The third kappa shape index (κ3) is 6.33. The van der Waals surface area contributed by atoms with Gasteiger partial charge >= 0.3 is 5.97 Å². The highest BCUT2D eigenvalue weighted by Crippen LogP contribution is 2.80. The van der Waals surface area contributed by atoms with Gasteiger partial charge in [-0.25, -0.2) is 4.79 Å². The summed E-state index contributed by atoms with van der Waals surface area (Å²) in [6, 6.07) is 18.6. The number of ether oxygens (including phenoxy) is 1. The smallest absolute Gasteiger partial charge is 0.331 e. The van der Waals surface area contributed by atoms with Gasteiger partial charge in [0.25, 0.3) is 0 Å². The van der Waals surface area contributed by atoms with E-state index in [9.17, 15) is 35.4 Å². The van der Waals surface area contributed by atoms with Crippen molar-refractivity contribution in [1.29, 1.82) is 0 Å². The van der Waals surface area contributed by atoms with Crippen molar-refractivity contribution in [3.8, 4) is 11.8 Å². The zero-order valence-electron chi connectivity index (χ0n) is 43.1. The normalized spacial score (nSPS) is 50.6. The van der Waals surface area contributed by atoms with Gasteiger partial charge in [0.1, 0.15) is 23.6 Å². The van der Waals surface area contributed by atoms with Crippen LogP contribution in [0, 0.1) is 99.1 Å². The summed E-state index contributed by atoms with van der Waals surface area (Å²) in [4.78, 5) is 29.2. The third-order valence-corrected chi connectivity index (χ3v) is 25.0. The number of carbonyl (C=O) groups excluding carboxylic acids is 2. The maximum absolute atomic E-state index is 15.4. The van der Waals surface area contributed by atoms with Crippen LogP contribution in [0.3, 0.4) is 0 Å². The first-order chi connectivity index (χ1) is 35.9. The number of aldehydes is 1. The summed E-state index contributed by atoms with van der Waals surface area (Å²) in [5.74, 6) is 4.66. The molecular weight excluding hydrogens is 927 g/mol. The fraction of sp³-hybridized carbons (Fsp3) is 0.688. The van der Waals surface area contributed by atoms with Gasteiger partial charge in [-0.05, 0) is 172 Å². The molecule has 12 aliphatic rings. The van der Waals surface area contributed by atoms with Crippen LogP contribution in [0.4, 0.5) is 0 Å². The standard InChI is InChI=1S/C64H79NO9/c66-35-61-34-59(25-22-43-27-41(20-21-49(43)59)38-11-2-1-3-12-38)57(69)50-29-42-18-10-19-45(39-15-5-6-16-39)46(42)31-51(63(50,61)72)58(70)64(73)53(61)23-26-60-24-9-8-14-37-13-4-7-17-40(37)30-52(65-36-67)47-28-44(33-62(60,64)71)55(60)48-32-54(68)74-56(47)48/h1-4,7,10-13,17-18,32,35,39,41-47,49-53,55-58,65,67,69-73H,5-6,9,15-16,19-31,33-34,36H2. The number of aliphatic hydroxyl groups is 6. The number of esters is 1. The molecule has 22 unspecified atom stereocenters. The topological polar surface area (TPSA) is 177 Å². The van der Waals surface area contributed by atoms with E-state index in [1.54, 1.807) is 6.08 Å². The Hall–Kier alpha value is -3.66. The molecule has 2 aromatic rings. The predicted octanol–water partition coefficient (Wildman–Crippen LogP) is 7.71. The molecule has 0 amide bonds. The number of aliphatic hydroxyl groups excluding tert-OH is 3. The van der Waals surface area contributed by atoms with E-state index in [4.69, 9.17) is 4.74 Å². The molecule has 394 valence electrons. The Morgan fingerprint density at radius 3 is 2.38 bits per heavy atom. The van der Waals surface area contributed by atoms with Crippen molar-refractivity contribution < 1.29 is 45.0 Å². The van der Waals surface area contributed by atoms with Crippen molar-refractivity contribution in [2.75, 3.05) is 6.73 Å². The molecule has 1 heterocycles. The molecule has 0 aromatic heterocycles. The number of benzene rings is 2. The van der Waals surface area contributed by atoms with Crippen molar-refractivity contribution in [3.05, 3.63) is 95.1 Å². The molecular formula is C64H79NO9. The molecule has 9 saturated carbocycles. The molecule has 0 saturated heterocycles. The molecule has 9 fully saturated rings. The second-order valence-corrected chi connectivity index (χ2v) is 26.9. The molecule has 14 rings (SSSR count). The minimum Gasteiger partial charge on any atom is -0.454 e. The quantitative estimate of drug-likeness (QED) is 0.0517. The average Bonchev–Trinajstić information content (AvgIpc) is 4.29. The van der Waals surface area contributed by atoms with E-state index in [2.05, 4.69) is 65.7 Å². The van der Waals surface area contributed by atoms with Crippen LogP contribution in [0.2, 0.25) is 0 Å². The fourth-order valence-electron chi connectivity index (χ4n) is 22.5. The van der Waals surface area contributed by atoms with Gasteiger partial charge in [-0.2, -0.15) is 0 Å². The average molecular weight is 1010 g/mol. The van der Waals surface area contributed by atoms with Crippen LogP contribution >= 0.6 is 0 Å². The van der Waals surface area contributed by atoms with E-state index < -0.39 is 75.1 Å². The fourth-order valence-corrected chi connectivity index (χ4v) is 22.5. The van der Waals surface area contributed by atoms with Crippen molar-refractivity contribution in [2.45, 2.75) is 175 Å². The third-order valence-electron chi connectivity index (χ3n) is 25.0. The van der Waals surface area contributed by atoms with Crippen LogP contribution in [0.15, 0.2) is 78.4 Å². The summed E-state index contributed by atoms with van der Waals surface area (Å²) < 4.78 is 6.33. The summed E-state index contributed by atoms with van der Waals surface area (Å²) >= 11 is 0. The molecule has 10 nitrogen and oxygen atoms in total. The van der Waals surface area contributed by atoms with Crippen LogP contribution in [0.25, 0.3) is 0 Å². The Bertz CT molecular complexity index is 2690. The van der Waals surface area contributed by atoms with Gasteiger partial charge in [-0.1, -0.05) is 98.2 Å². The number of hydrogen-bond acceptors (Lipinski definition) is 10. The van der Waals surface area contributed by atoms with Crippen LogP contribution in [-0.2, 0) is 20.7 Å². The van der Waals surface area contributed by atoms with Gasteiger partial charge in [-0.3, -0.25) is 5.32 Å². The van der Waals surface area contributed by atoms with Crippen LogP contribution in [0.1, 0.15) is 145 Å². The zero-order valence-corrected chi connectivity index (χ0v) is 43.1. The number of nitrogens with one attached hydrogen (secondary N) is 1. The number of hydrogen-bond donors (Lipinski definition) is 7. The van der Waals surface area contributed by atoms with Gasteiger partial charge in [-0.15, -0.1) is 0 Å². The molecule has 4 bridgehead atoms. The molecule has 74 heavy (non-hydrogen) atoms. The Morgan fingerprint density at radius 1 is 0.770 bits per heavy atom. The van der Waals surface area contributed by atoms with Crippen molar-refractivity contribution in [3.63, 3.8) is 0 Å². The minimum absolute atomic E-state index is 0.0259.